The minimum absolute atomic E-state index is 0.410. The highest BCUT2D eigenvalue weighted by Crippen LogP contribution is 2.17. The molecule has 0 saturated carbocycles. The van der Waals surface area contributed by atoms with Crippen molar-refractivity contribution in [1.29, 1.82) is 0 Å². The van der Waals surface area contributed by atoms with Gasteiger partial charge in [0.15, 0.2) is 0 Å². The minimum Gasteiger partial charge on any atom is -0.497 e. The first-order valence-corrected chi connectivity index (χ1v) is 6.77. The molecule has 0 heterocycles. The maximum Gasteiger partial charge on any atom is 0.118 e. The number of hydrogen-bond acceptors (Lipinski definition) is 2. The number of hydrogen-bond donors (Lipinski definition) is 1. The van der Waals surface area contributed by atoms with Crippen molar-refractivity contribution < 1.29 is 4.74 Å². The van der Waals surface area contributed by atoms with Crippen molar-refractivity contribution in [3.8, 4) is 5.75 Å². The van der Waals surface area contributed by atoms with E-state index < -0.39 is 0 Å². The summed E-state index contributed by atoms with van der Waals surface area (Å²) < 4.78 is 5.16. The molecule has 0 amide bonds. The summed E-state index contributed by atoms with van der Waals surface area (Å²) in [6.45, 7) is 10.2. The van der Waals surface area contributed by atoms with Gasteiger partial charge in [0.2, 0.25) is 0 Å². The van der Waals surface area contributed by atoms with Crippen LogP contribution in [-0.4, -0.2) is 19.7 Å². The SMILES string of the molecule is COc1ccc(CC(C)NCCC(C)(C)C)cc1. The highest BCUT2D eigenvalue weighted by molar-refractivity contribution is 5.27. The van der Waals surface area contributed by atoms with Crippen LogP contribution in [-0.2, 0) is 6.42 Å². The Balaban J connectivity index is 2.32. The van der Waals surface area contributed by atoms with E-state index in [1.165, 1.54) is 12.0 Å². The standard InChI is InChI=1S/C16H27NO/c1-13(17-11-10-16(2,3)4)12-14-6-8-15(18-5)9-7-14/h6-9,13,17H,10-12H2,1-5H3. The monoisotopic (exact) mass is 249 g/mol. The fraction of sp³-hybridized carbons (Fsp3) is 0.625. The molecule has 0 bridgehead atoms. The Morgan fingerprint density at radius 2 is 1.78 bits per heavy atom. The molecule has 0 aliphatic heterocycles. The number of nitrogens with one attached hydrogen (secondary N) is 1. The van der Waals surface area contributed by atoms with Gasteiger partial charge in [-0.05, 0) is 49.4 Å². The van der Waals surface area contributed by atoms with Crippen LogP contribution in [0.25, 0.3) is 0 Å². The van der Waals surface area contributed by atoms with Gasteiger partial charge in [0, 0.05) is 6.04 Å². The van der Waals surface area contributed by atoms with Crippen LogP contribution in [0.5, 0.6) is 5.75 Å². The predicted octanol–water partition coefficient (Wildman–Crippen LogP) is 3.65. The second kappa shape index (κ2) is 6.79. The van der Waals surface area contributed by atoms with E-state index in [4.69, 9.17) is 4.74 Å². The lowest BCUT2D eigenvalue weighted by molar-refractivity contribution is 0.356. The first-order valence-electron chi connectivity index (χ1n) is 6.77. The number of benzene rings is 1. The number of ether oxygens (including phenoxy) is 1. The summed E-state index contributed by atoms with van der Waals surface area (Å²) in [6, 6.07) is 8.84. The molecule has 1 N–H and O–H groups in total. The molecule has 0 aromatic heterocycles. The van der Waals surface area contributed by atoms with E-state index >= 15 is 0 Å². The maximum atomic E-state index is 5.16. The molecule has 0 fully saturated rings. The third-order valence-corrected chi connectivity index (χ3v) is 3.07. The first-order chi connectivity index (χ1) is 8.40. The van der Waals surface area contributed by atoms with Crippen molar-refractivity contribution in [2.75, 3.05) is 13.7 Å². The Morgan fingerprint density at radius 3 is 2.28 bits per heavy atom. The molecule has 0 radical (unpaired) electrons. The molecular weight excluding hydrogens is 222 g/mol. The van der Waals surface area contributed by atoms with Crippen LogP contribution < -0.4 is 10.1 Å². The van der Waals surface area contributed by atoms with Crippen LogP contribution in [0.4, 0.5) is 0 Å². The van der Waals surface area contributed by atoms with Gasteiger partial charge in [-0.2, -0.15) is 0 Å². The zero-order valence-electron chi connectivity index (χ0n) is 12.4. The van der Waals surface area contributed by atoms with E-state index in [-0.39, 0.29) is 0 Å². The zero-order chi connectivity index (χ0) is 13.6. The van der Waals surface area contributed by atoms with Crippen molar-refractivity contribution in [1.82, 2.24) is 5.32 Å². The second-order valence-electron chi connectivity index (χ2n) is 6.22. The minimum atomic E-state index is 0.410. The molecule has 0 aliphatic rings. The lowest BCUT2D eigenvalue weighted by Crippen LogP contribution is -2.30. The zero-order valence-corrected chi connectivity index (χ0v) is 12.4. The topological polar surface area (TPSA) is 21.3 Å². The highest BCUT2D eigenvalue weighted by atomic mass is 16.5. The molecule has 0 saturated heterocycles. The van der Waals surface area contributed by atoms with Gasteiger partial charge in [0.1, 0.15) is 5.75 Å². The summed E-state index contributed by atoms with van der Waals surface area (Å²) in [6.07, 6.45) is 2.27. The Kier molecular flexibility index (Phi) is 5.67. The third-order valence-electron chi connectivity index (χ3n) is 3.07. The molecule has 0 aliphatic carbocycles. The van der Waals surface area contributed by atoms with Crippen LogP contribution in [0.15, 0.2) is 24.3 Å². The summed E-state index contributed by atoms with van der Waals surface area (Å²) in [5.74, 6) is 0.923. The van der Waals surface area contributed by atoms with Crippen molar-refractivity contribution in [2.45, 2.75) is 46.6 Å². The lowest BCUT2D eigenvalue weighted by Gasteiger charge is -2.20. The quantitative estimate of drug-likeness (QED) is 0.831. The van der Waals surface area contributed by atoms with Crippen LogP contribution >= 0.6 is 0 Å². The smallest absolute Gasteiger partial charge is 0.118 e. The Labute approximate surface area is 112 Å². The van der Waals surface area contributed by atoms with E-state index in [0.717, 1.165) is 18.7 Å². The van der Waals surface area contributed by atoms with E-state index in [1.807, 2.05) is 12.1 Å². The molecule has 0 spiro atoms. The van der Waals surface area contributed by atoms with Gasteiger partial charge in [-0.1, -0.05) is 32.9 Å². The fourth-order valence-corrected chi connectivity index (χ4v) is 1.88. The molecule has 2 heteroatoms. The molecule has 102 valence electrons. The van der Waals surface area contributed by atoms with Crippen LogP contribution in [0.3, 0.4) is 0 Å². The highest BCUT2D eigenvalue weighted by Gasteiger charge is 2.10. The molecule has 1 atom stereocenters. The van der Waals surface area contributed by atoms with Gasteiger partial charge < -0.3 is 10.1 Å². The number of methoxy groups -OCH3 is 1. The summed E-state index contributed by atoms with van der Waals surface area (Å²) in [4.78, 5) is 0. The first kappa shape index (κ1) is 15.0. The van der Waals surface area contributed by atoms with Gasteiger partial charge in [-0.15, -0.1) is 0 Å². The predicted molar refractivity (Wildman–Crippen MR) is 78.2 cm³/mol. The lowest BCUT2D eigenvalue weighted by atomic mass is 9.92. The Morgan fingerprint density at radius 1 is 1.17 bits per heavy atom. The maximum absolute atomic E-state index is 5.16. The Bertz CT molecular complexity index is 337. The van der Waals surface area contributed by atoms with Crippen LogP contribution in [0.1, 0.15) is 39.7 Å². The normalized spacial score (nSPS) is 13.4. The largest absolute Gasteiger partial charge is 0.497 e. The van der Waals surface area contributed by atoms with E-state index in [0.29, 0.717) is 11.5 Å². The van der Waals surface area contributed by atoms with Gasteiger partial charge in [0.25, 0.3) is 0 Å². The molecular formula is C16H27NO. The average Bonchev–Trinajstić information content (AvgIpc) is 2.28. The molecule has 1 aromatic rings. The summed E-state index contributed by atoms with van der Waals surface area (Å²) in [7, 11) is 1.70. The summed E-state index contributed by atoms with van der Waals surface area (Å²) in [5.41, 5.74) is 1.76. The van der Waals surface area contributed by atoms with Gasteiger partial charge in [-0.3, -0.25) is 0 Å². The molecule has 1 unspecified atom stereocenters. The fourth-order valence-electron chi connectivity index (χ4n) is 1.88. The van der Waals surface area contributed by atoms with Crippen molar-refractivity contribution in [3.63, 3.8) is 0 Å². The molecule has 1 aromatic carbocycles. The Hall–Kier alpha value is -1.02. The third kappa shape index (κ3) is 6.06. The van der Waals surface area contributed by atoms with Crippen molar-refractivity contribution in [3.05, 3.63) is 29.8 Å². The van der Waals surface area contributed by atoms with Crippen LogP contribution in [0.2, 0.25) is 0 Å². The average molecular weight is 249 g/mol. The molecule has 1 rings (SSSR count). The molecule has 18 heavy (non-hydrogen) atoms. The van der Waals surface area contributed by atoms with E-state index in [2.05, 4.69) is 45.1 Å². The second-order valence-corrected chi connectivity index (χ2v) is 6.22. The van der Waals surface area contributed by atoms with E-state index in [9.17, 15) is 0 Å². The van der Waals surface area contributed by atoms with Gasteiger partial charge in [0.05, 0.1) is 7.11 Å². The van der Waals surface area contributed by atoms with Crippen LogP contribution in [0, 0.1) is 5.41 Å². The van der Waals surface area contributed by atoms with Gasteiger partial charge >= 0.3 is 0 Å². The number of rotatable bonds is 6. The summed E-state index contributed by atoms with van der Waals surface area (Å²) in [5, 5.41) is 3.58. The van der Waals surface area contributed by atoms with Gasteiger partial charge in [-0.25, -0.2) is 0 Å². The van der Waals surface area contributed by atoms with Crippen molar-refractivity contribution >= 4 is 0 Å². The molecule has 2 nitrogen and oxygen atoms in total. The van der Waals surface area contributed by atoms with E-state index in [1.54, 1.807) is 7.11 Å². The van der Waals surface area contributed by atoms with Crippen molar-refractivity contribution in [2.24, 2.45) is 5.41 Å². The summed E-state index contributed by atoms with van der Waals surface area (Å²) >= 11 is 0.